The molecular formula is C18H12N4. The fourth-order valence-electron chi connectivity index (χ4n) is 2.79. The highest BCUT2D eigenvalue weighted by Gasteiger charge is 2.08. The first-order valence-electron chi connectivity index (χ1n) is 6.96. The SMILES string of the molecule is Cn1ncc2cc(-c3cncc4ccc(C#N)cc34)ccc21. The summed E-state index contributed by atoms with van der Waals surface area (Å²) in [6.45, 7) is 0. The number of rotatable bonds is 1. The first kappa shape index (κ1) is 12.5. The molecule has 0 N–H and O–H groups in total. The maximum absolute atomic E-state index is 9.13. The second-order valence-electron chi connectivity index (χ2n) is 5.28. The predicted molar refractivity (Wildman–Crippen MR) is 86.2 cm³/mol. The zero-order valence-corrected chi connectivity index (χ0v) is 12.0. The summed E-state index contributed by atoms with van der Waals surface area (Å²) in [4.78, 5) is 4.33. The summed E-state index contributed by atoms with van der Waals surface area (Å²) in [6.07, 6.45) is 5.53. The van der Waals surface area contributed by atoms with Crippen molar-refractivity contribution in [3.63, 3.8) is 0 Å². The molecule has 0 aliphatic carbocycles. The first-order valence-corrected chi connectivity index (χ1v) is 6.96. The molecule has 104 valence electrons. The van der Waals surface area contributed by atoms with Crippen LogP contribution in [0.4, 0.5) is 0 Å². The summed E-state index contributed by atoms with van der Waals surface area (Å²) in [5.41, 5.74) is 3.85. The van der Waals surface area contributed by atoms with Crippen molar-refractivity contribution in [1.29, 1.82) is 5.26 Å². The number of nitriles is 1. The van der Waals surface area contributed by atoms with E-state index >= 15 is 0 Å². The Balaban J connectivity index is 2.00. The Bertz CT molecular complexity index is 1050. The van der Waals surface area contributed by atoms with Crippen molar-refractivity contribution in [2.24, 2.45) is 7.05 Å². The quantitative estimate of drug-likeness (QED) is 0.536. The number of aryl methyl sites for hydroxylation is 1. The van der Waals surface area contributed by atoms with Crippen molar-refractivity contribution >= 4 is 21.7 Å². The molecule has 0 fully saturated rings. The molecule has 4 nitrogen and oxygen atoms in total. The van der Waals surface area contributed by atoms with Gasteiger partial charge in [0.1, 0.15) is 0 Å². The number of hydrogen-bond donors (Lipinski definition) is 0. The van der Waals surface area contributed by atoms with E-state index in [4.69, 9.17) is 5.26 Å². The van der Waals surface area contributed by atoms with E-state index in [0.717, 1.165) is 32.8 Å². The maximum Gasteiger partial charge on any atom is 0.0991 e. The highest BCUT2D eigenvalue weighted by Crippen LogP contribution is 2.30. The van der Waals surface area contributed by atoms with Crippen LogP contribution in [0.2, 0.25) is 0 Å². The minimum absolute atomic E-state index is 0.655. The van der Waals surface area contributed by atoms with Gasteiger partial charge in [0.2, 0.25) is 0 Å². The van der Waals surface area contributed by atoms with E-state index in [1.165, 1.54) is 0 Å². The van der Waals surface area contributed by atoms with Crippen molar-refractivity contribution < 1.29 is 0 Å². The molecule has 2 aromatic carbocycles. The zero-order chi connectivity index (χ0) is 15.1. The monoisotopic (exact) mass is 284 g/mol. The van der Waals surface area contributed by atoms with E-state index in [-0.39, 0.29) is 0 Å². The number of hydrogen-bond acceptors (Lipinski definition) is 3. The van der Waals surface area contributed by atoms with Crippen molar-refractivity contribution in [2.45, 2.75) is 0 Å². The molecule has 0 aliphatic rings. The average molecular weight is 284 g/mol. The van der Waals surface area contributed by atoms with E-state index in [0.29, 0.717) is 5.56 Å². The summed E-state index contributed by atoms with van der Waals surface area (Å²) in [6, 6.07) is 14.1. The Morgan fingerprint density at radius 3 is 2.77 bits per heavy atom. The van der Waals surface area contributed by atoms with Crippen LogP contribution >= 0.6 is 0 Å². The summed E-state index contributed by atoms with van der Waals surface area (Å²) in [7, 11) is 1.93. The van der Waals surface area contributed by atoms with Gasteiger partial charge in [-0.2, -0.15) is 10.4 Å². The van der Waals surface area contributed by atoms with E-state index in [2.05, 4.69) is 34.4 Å². The molecule has 0 saturated heterocycles. The van der Waals surface area contributed by atoms with Crippen molar-refractivity contribution in [3.05, 3.63) is 60.6 Å². The molecule has 4 rings (SSSR count). The van der Waals surface area contributed by atoms with Gasteiger partial charge in [0.15, 0.2) is 0 Å². The van der Waals surface area contributed by atoms with Gasteiger partial charge in [-0.1, -0.05) is 12.1 Å². The predicted octanol–water partition coefficient (Wildman–Crippen LogP) is 3.66. The van der Waals surface area contributed by atoms with E-state index in [1.54, 1.807) is 0 Å². The minimum atomic E-state index is 0.655. The normalized spacial score (nSPS) is 10.9. The highest BCUT2D eigenvalue weighted by molar-refractivity contribution is 5.98. The van der Waals surface area contributed by atoms with Gasteiger partial charge in [0.25, 0.3) is 0 Å². The number of benzene rings is 2. The van der Waals surface area contributed by atoms with Gasteiger partial charge in [0.05, 0.1) is 23.3 Å². The van der Waals surface area contributed by atoms with E-state index in [1.807, 2.05) is 48.5 Å². The summed E-state index contributed by atoms with van der Waals surface area (Å²) in [5, 5.41) is 16.6. The standard InChI is InChI=1S/C18H12N4/c1-22-18-5-4-13(7-15(18)10-21-22)17-11-20-9-14-3-2-12(8-19)6-16(14)17/h2-7,9-11H,1H3. The van der Waals surface area contributed by atoms with Crippen LogP contribution in [-0.2, 0) is 7.05 Å². The van der Waals surface area contributed by atoms with E-state index < -0.39 is 0 Å². The van der Waals surface area contributed by atoms with Gasteiger partial charge in [-0.05, 0) is 35.2 Å². The maximum atomic E-state index is 9.13. The highest BCUT2D eigenvalue weighted by atomic mass is 15.2. The number of nitrogens with zero attached hydrogens (tertiary/aromatic N) is 4. The Morgan fingerprint density at radius 2 is 1.91 bits per heavy atom. The molecule has 0 atom stereocenters. The molecule has 4 heteroatoms. The molecule has 0 bridgehead atoms. The van der Waals surface area contributed by atoms with Crippen LogP contribution in [0.1, 0.15) is 5.56 Å². The lowest BCUT2D eigenvalue weighted by Gasteiger charge is -2.07. The fourth-order valence-corrected chi connectivity index (χ4v) is 2.79. The Labute approximate surface area is 127 Å². The van der Waals surface area contributed by atoms with Crippen LogP contribution in [0.25, 0.3) is 32.8 Å². The Hall–Kier alpha value is -3.19. The lowest BCUT2D eigenvalue weighted by Crippen LogP contribution is -1.89. The minimum Gasteiger partial charge on any atom is -0.268 e. The third-order valence-electron chi connectivity index (χ3n) is 3.95. The second-order valence-corrected chi connectivity index (χ2v) is 5.28. The molecule has 0 saturated carbocycles. The first-order chi connectivity index (χ1) is 10.8. The smallest absolute Gasteiger partial charge is 0.0991 e. The third-order valence-corrected chi connectivity index (χ3v) is 3.95. The van der Waals surface area contributed by atoms with Gasteiger partial charge >= 0.3 is 0 Å². The van der Waals surface area contributed by atoms with Crippen molar-refractivity contribution in [1.82, 2.24) is 14.8 Å². The number of pyridine rings is 1. The molecule has 2 heterocycles. The van der Waals surface area contributed by atoms with Crippen LogP contribution in [0.3, 0.4) is 0 Å². The largest absolute Gasteiger partial charge is 0.268 e. The molecular weight excluding hydrogens is 272 g/mol. The summed E-state index contributed by atoms with van der Waals surface area (Å²) >= 11 is 0. The molecule has 22 heavy (non-hydrogen) atoms. The van der Waals surface area contributed by atoms with Gasteiger partial charge in [-0.15, -0.1) is 0 Å². The lowest BCUT2D eigenvalue weighted by atomic mass is 9.98. The topological polar surface area (TPSA) is 54.5 Å². The lowest BCUT2D eigenvalue weighted by molar-refractivity contribution is 0.797. The molecule has 2 aromatic heterocycles. The van der Waals surface area contributed by atoms with Gasteiger partial charge < -0.3 is 0 Å². The van der Waals surface area contributed by atoms with Gasteiger partial charge in [-0.3, -0.25) is 9.67 Å². The van der Waals surface area contributed by atoms with Crippen LogP contribution < -0.4 is 0 Å². The molecule has 0 unspecified atom stereocenters. The van der Waals surface area contributed by atoms with Gasteiger partial charge in [0, 0.05) is 35.8 Å². The number of aromatic nitrogens is 3. The Morgan fingerprint density at radius 1 is 1.00 bits per heavy atom. The second kappa shape index (κ2) is 4.68. The Kier molecular flexibility index (Phi) is 2.67. The zero-order valence-electron chi connectivity index (χ0n) is 12.0. The summed E-state index contributed by atoms with van der Waals surface area (Å²) in [5.74, 6) is 0. The van der Waals surface area contributed by atoms with E-state index in [9.17, 15) is 0 Å². The average Bonchev–Trinajstić information content (AvgIpc) is 2.94. The molecule has 0 amide bonds. The molecule has 0 radical (unpaired) electrons. The van der Waals surface area contributed by atoms with Crippen LogP contribution in [-0.4, -0.2) is 14.8 Å². The van der Waals surface area contributed by atoms with Gasteiger partial charge in [-0.25, -0.2) is 0 Å². The van der Waals surface area contributed by atoms with Crippen molar-refractivity contribution in [2.75, 3.05) is 0 Å². The summed E-state index contributed by atoms with van der Waals surface area (Å²) < 4.78 is 1.86. The molecule has 0 aliphatic heterocycles. The third kappa shape index (κ3) is 1.84. The van der Waals surface area contributed by atoms with Crippen molar-refractivity contribution in [3.8, 4) is 17.2 Å². The van der Waals surface area contributed by atoms with Crippen LogP contribution in [0, 0.1) is 11.3 Å². The number of fused-ring (bicyclic) bond motifs is 2. The van der Waals surface area contributed by atoms with Crippen LogP contribution in [0.5, 0.6) is 0 Å². The molecule has 0 spiro atoms. The fraction of sp³-hybridized carbons (Fsp3) is 0.0556. The van der Waals surface area contributed by atoms with Crippen LogP contribution in [0.15, 0.2) is 55.0 Å². The molecule has 4 aromatic rings.